The van der Waals surface area contributed by atoms with Gasteiger partial charge in [0.2, 0.25) is 0 Å². The van der Waals surface area contributed by atoms with Crippen LogP contribution in [0.15, 0.2) is 30.3 Å². The van der Waals surface area contributed by atoms with Gasteiger partial charge < -0.3 is 4.74 Å². The van der Waals surface area contributed by atoms with Crippen LogP contribution in [-0.2, 0) is 23.9 Å². The molecule has 0 radical (unpaired) electrons. The third kappa shape index (κ3) is 4.47. The lowest BCUT2D eigenvalue weighted by atomic mass is 10.1. The first-order valence-electron chi connectivity index (χ1n) is 11.1. The van der Waals surface area contributed by atoms with Crippen molar-refractivity contribution in [2.24, 2.45) is 0 Å². The molecule has 4 rings (SSSR count). The van der Waals surface area contributed by atoms with Crippen molar-refractivity contribution in [1.82, 2.24) is 14.3 Å². The molecule has 2 aromatic heterocycles. The average molecular weight is 510 g/mol. The van der Waals surface area contributed by atoms with Gasteiger partial charge in [0.25, 0.3) is 5.91 Å². The van der Waals surface area contributed by atoms with Gasteiger partial charge in [0, 0.05) is 31.3 Å². The van der Waals surface area contributed by atoms with E-state index in [1.807, 2.05) is 0 Å². The second kappa shape index (κ2) is 8.75. The van der Waals surface area contributed by atoms with Gasteiger partial charge in [-0.15, -0.1) is 0 Å². The molecule has 0 unspecified atom stereocenters. The second-order valence-corrected chi connectivity index (χ2v) is 9.21. The molecule has 192 valence electrons. The van der Waals surface area contributed by atoms with Crippen LogP contribution in [0.5, 0.6) is 0 Å². The van der Waals surface area contributed by atoms with Crippen LogP contribution < -0.4 is 4.90 Å². The molecule has 36 heavy (non-hydrogen) atoms. The molecular weight excluding hydrogens is 487 g/mol. The molecule has 1 aromatic carbocycles. The standard InChI is InChI=1S/C24H23F5N4O3/c1-5-32-19(12-18(30-32)24(27,28)29)31-10-9-16-13(21(31)34)11-17(20-14(25)7-6-8-15(20)26)33(16)22(35)36-23(2,3)4/h6-8,11-12H,5,9-10H2,1-4H3. The molecule has 3 heterocycles. The van der Waals surface area contributed by atoms with E-state index in [1.54, 1.807) is 27.7 Å². The molecule has 1 aliphatic heterocycles. The third-order valence-electron chi connectivity index (χ3n) is 5.57. The Hall–Kier alpha value is -3.70. The van der Waals surface area contributed by atoms with Gasteiger partial charge in [-0.25, -0.2) is 22.8 Å². The Kier molecular flexibility index (Phi) is 6.17. The first-order chi connectivity index (χ1) is 16.7. The number of hydrogen-bond donors (Lipinski definition) is 0. The van der Waals surface area contributed by atoms with Crippen LogP contribution >= 0.6 is 0 Å². The SMILES string of the molecule is CCn1nc(C(F)(F)F)cc1N1CCc2c(cc(-c3c(F)cccc3F)n2C(=O)OC(C)(C)C)C1=O. The van der Waals surface area contributed by atoms with Gasteiger partial charge in [0.15, 0.2) is 5.69 Å². The summed E-state index contributed by atoms with van der Waals surface area (Å²) in [5.74, 6) is -2.74. The third-order valence-corrected chi connectivity index (χ3v) is 5.57. The molecule has 1 aliphatic rings. The molecule has 0 aliphatic carbocycles. The number of carbonyl (C=O) groups is 2. The fourth-order valence-electron chi connectivity index (χ4n) is 4.10. The number of carbonyl (C=O) groups excluding carboxylic acids is 2. The Labute approximate surface area is 203 Å². The Bertz CT molecular complexity index is 1330. The summed E-state index contributed by atoms with van der Waals surface area (Å²) in [6.07, 6.45) is -5.65. The fourth-order valence-corrected chi connectivity index (χ4v) is 4.10. The molecule has 1 amide bonds. The summed E-state index contributed by atoms with van der Waals surface area (Å²) in [4.78, 5) is 27.7. The Morgan fingerprint density at radius 2 is 1.75 bits per heavy atom. The Balaban J connectivity index is 1.87. The second-order valence-electron chi connectivity index (χ2n) is 9.21. The van der Waals surface area contributed by atoms with Crippen molar-refractivity contribution in [3.05, 3.63) is 58.9 Å². The molecule has 12 heteroatoms. The monoisotopic (exact) mass is 510 g/mol. The largest absolute Gasteiger partial charge is 0.443 e. The van der Waals surface area contributed by atoms with Crippen LogP contribution in [0.1, 0.15) is 49.4 Å². The highest BCUT2D eigenvalue weighted by atomic mass is 19.4. The van der Waals surface area contributed by atoms with E-state index in [0.29, 0.717) is 0 Å². The van der Waals surface area contributed by atoms with Crippen molar-refractivity contribution in [2.45, 2.75) is 52.4 Å². The first kappa shape index (κ1) is 25.4. The van der Waals surface area contributed by atoms with E-state index >= 15 is 0 Å². The summed E-state index contributed by atoms with van der Waals surface area (Å²) in [6.45, 7) is 6.38. The van der Waals surface area contributed by atoms with E-state index in [9.17, 15) is 31.5 Å². The Morgan fingerprint density at radius 1 is 1.11 bits per heavy atom. The quantitative estimate of drug-likeness (QED) is 0.427. The number of alkyl halides is 3. The van der Waals surface area contributed by atoms with E-state index in [4.69, 9.17) is 4.74 Å². The van der Waals surface area contributed by atoms with Gasteiger partial charge in [0.1, 0.15) is 23.1 Å². The number of fused-ring (bicyclic) bond motifs is 1. The number of nitrogens with zero attached hydrogens (tertiary/aromatic N) is 4. The molecule has 7 nitrogen and oxygen atoms in total. The number of rotatable bonds is 3. The lowest BCUT2D eigenvalue weighted by Gasteiger charge is -2.28. The van der Waals surface area contributed by atoms with E-state index in [2.05, 4.69) is 5.10 Å². The van der Waals surface area contributed by atoms with Crippen LogP contribution in [-0.4, -0.2) is 38.5 Å². The summed E-state index contributed by atoms with van der Waals surface area (Å²) < 4.78 is 76.6. The molecule has 3 aromatic rings. The van der Waals surface area contributed by atoms with Crippen molar-refractivity contribution in [3.8, 4) is 11.3 Å². The predicted octanol–water partition coefficient (Wildman–Crippen LogP) is 5.65. The molecule has 0 saturated carbocycles. The van der Waals surface area contributed by atoms with Gasteiger partial charge in [-0.1, -0.05) is 6.07 Å². The minimum Gasteiger partial charge on any atom is -0.443 e. The van der Waals surface area contributed by atoms with Gasteiger partial charge in [-0.05, 0) is 45.9 Å². The zero-order chi connectivity index (χ0) is 26.6. The van der Waals surface area contributed by atoms with Crippen molar-refractivity contribution in [1.29, 1.82) is 0 Å². The Morgan fingerprint density at radius 3 is 2.31 bits per heavy atom. The van der Waals surface area contributed by atoms with Crippen LogP contribution in [0.4, 0.5) is 32.6 Å². The summed E-state index contributed by atoms with van der Waals surface area (Å²) in [5, 5.41) is 3.55. The lowest BCUT2D eigenvalue weighted by molar-refractivity contribution is -0.141. The average Bonchev–Trinajstić information content (AvgIpc) is 3.35. The molecule has 0 N–H and O–H groups in total. The number of aryl methyl sites for hydroxylation is 1. The molecular formula is C24H23F5N4O3. The van der Waals surface area contributed by atoms with Gasteiger partial charge >= 0.3 is 12.3 Å². The predicted molar refractivity (Wildman–Crippen MR) is 120 cm³/mol. The number of ether oxygens (including phenoxy) is 1. The normalized spacial score (nSPS) is 14.2. The maximum Gasteiger partial charge on any atom is 0.435 e. The first-order valence-corrected chi connectivity index (χ1v) is 11.1. The van der Waals surface area contributed by atoms with Gasteiger partial charge in [-0.3, -0.25) is 9.69 Å². The summed E-state index contributed by atoms with van der Waals surface area (Å²) in [5.41, 5.74) is -2.82. The van der Waals surface area contributed by atoms with Crippen molar-refractivity contribution >= 4 is 17.8 Å². The zero-order valence-corrected chi connectivity index (χ0v) is 19.9. The highest BCUT2D eigenvalue weighted by Crippen LogP contribution is 2.36. The molecule has 0 bridgehead atoms. The minimum absolute atomic E-state index is 0.00658. The maximum atomic E-state index is 14.7. The van der Waals surface area contributed by atoms with Crippen LogP contribution in [0.25, 0.3) is 11.3 Å². The van der Waals surface area contributed by atoms with E-state index in [0.717, 1.165) is 44.5 Å². The maximum absolute atomic E-state index is 14.7. The topological polar surface area (TPSA) is 69.4 Å². The molecule has 0 saturated heterocycles. The fraction of sp³-hybridized carbons (Fsp3) is 0.375. The zero-order valence-electron chi connectivity index (χ0n) is 19.9. The highest BCUT2D eigenvalue weighted by Gasteiger charge is 2.39. The molecule has 0 atom stereocenters. The van der Waals surface area contributed by atoms with Gasteiger partial charge in [0.05, 0.1) is 16.8 Å². The number of benzene rings is 1. The van der Waals surface area contributed by atoms with Crippen LogP contribution in [0.2, 0.25) is 0 Å². The van der Waals surface area contributed by atoms with E-state index in [1.165, 1.54) is 0 Å². The summed E-state index contributed by atoms with van der Waals surface area (Å²) in [6, 6.07) is 5.11. The number of hydrogen-bond acceptors (Lipinski definition) is 4. The smallest absolute Gasteiger partial charge is 0.435 e. The number of halogens is 5. The van der Waals surface area contributed by atoms with Crippen LogP contribution in [0.3, 0.4) is 0 Å². The number of aromatic nitrogens is 3. The van der Waals surface area contributed by atoms with Crippen molar-refractivity contribution < 1.29 is 36.3 Å². The number of amides is 1. The van der Waals surface area contributed by atoms with E-state index < -0.39 is 46.7 Å². The lowest BCUT2D eigenvalue weighted by Crippen LogP contribution is -2.40. The van der Waals surface area contributed by atoms with E-state index in [-0.39, 0.29) is 42.3 Å². The highest BCUT2D eigenvalue weighted by molar-refractivity contribution is 6.09. The van der Waals surface area contributed by atoms with Crippen molar-refractivity contribution in [2.75, 3.05) is 11.4 Å². The van der Waals surface area contributed by atoms with Crippen molar-refractivity contribution in [3.63, 3.8) is 0 Å². The number of anilines is 1. The van der Waals surface area contributed by atoms with Crippen LogP contribution in [0, 0.1) is 11.6 Å². The summed E-state index contributed by atoms with van der Waals surface area (Å²) >= 11 is 0. The molecule has 0 fully saturated rings. The minimum atomic E-state index is -4.71. The van der Waals surface area contributed by atoms with Gasteiger partial charge in [-0.2, -0.15) is 18.3 Å². The molecule has 0 spiro atoms. The summed E-state index contributed by atoms with van der Waals surface area (Å²) in [7, 11) is 0.